The van der Waals surface area contributed by atoms with E-state index in [-0.39, 0.29) is 18.6 Å². The van der Waals surface area contributed by atoms with Crippen LogP contribution in [-0.2, 0) is 0 Å². The van der Waals surface area contributed by atoms with Gasteiger partial charge in [0.25, 0.3) is 5.91 Å². The zero-order valence-corrected chi connectivity index (χ0v) is 12.4. The Morgan fingerprint density at radius 3 is 2.80 bits per heavy atom. The Morgan fingerprint density at radius 1 is 1.45 bits per heavy atom. The van der Waals surface area contributed by atoms with Gasteiger partial charge in [0.2, 0.25) is 0 Å². The third kappa shape index (κ3) is 3.23. The van der Waals surface area contributed by atoms with Gasteiger partial charge < -0.3 is 10.4 Å². The molecule has 0 aliphatic carbocycles. The fourth-order valence-electron chi connectivity index (χ4n) is 1.90. The molecule has 1 unspecified atom stereocenters. The Labute approximate surface area is 122 Å². The number of carbonyl (C=O) groups is 1. The zero-order chi connectivity index (χ0) is 14.5. The molecule has 0 aromatic carbocycles. The number of hydrogen-bond donors (Lipinski definition) is 2. The molecule has 5 heteroatoms. The van der Waals surface area contributed by atoms with Gasteiger partial charge in [0.1, 0.15) is 0 Å². The number of aliphatic hydroxyl groups excluding tert-OH is 1. The summed E-state index contributed by atoms with van der Waals surface area (Å²) in [5.41, 5.74) is 2.13. The van der Waals surface area contributed by atoms with Crippen molar-refractivity contribution in [2.24, 2.45) is 0 Å². The molecule has 0 bridgehead atoms. The highest BCUT2D eigenvalue weighted by Gasteiger charge is 2.14. The van der Waals surface area contributed by atoms with Crippen molar-refractivity contribution in [1.82, 2.24) is 10.3 Å². The number of aromatic nitrogens is 1. The molecule has 2 aromatic heterocycles. The molecule has 0 aliphatic rings. The van der Waals surface area contributed by atoms with Crippen LogP contribution in [0.4, 0.5) is 0 Å². The molecule has 2 aromatic rings. The number of nitrogens with zero attached hydrogens (tertiary/aromatic N) is 1. The molecule has 2 rings (SSSR count). The lowest BCUT2D eigenvalue weighted by Gasteiger charge is -2.15. The summed E-state index contributed by atoms with van der Waals surface area (Å²) >= 11 is 1.62. The number of aryl methyl sites for hydroxylation is 1. The van der Waals surface area contributed by atoms with E-state index in [0.717, 1.165) is 10.6 Å². The second kappa shape index (κ2) is 6.63. The molecule has 0 aliphatic heterocycles. The molecule has 2 N–H and O–H groups in total. The van der Waals surface area contributed by atoms with Crippen LogP contribution in [0.2, 0.25) is 0 Å². The SMILES string of the molecule is CCC(CO)NC(=O)c1ccc(-c2cccs2)nc1C. The average molecular weight is 290 g/mol. The minimum absolute atomic E-state index is 0.0536. The summed E-state index contributed by atoms with van der Waals surface area (Å²) in [7, 11) is 0. The zero-order valence-electron chi connectivity index (χ0n) is 11.6. The Morgan fingerprint density at radius 2 is 2.25 bits per heavy atom. The molecule has 1 atom stereocenters. The highest BCUT2D eigenvalue weighted by molar-refractivity contribution is 7.13. The van der Waals surface area contributed by atoms with Gasteiger partial charge >= 0.3 is 0 Å². The minimum Gasteiger partial charge on any atom is -0.394 e. The maximum atomic E-state index is 12.1. The number of aliphatic hydroxyl groups is 1. The van der Waals surface area contributed by atoms with E-state index in [1.54, 1.807) is 17.4 Å². The molecule has 2 heterocycles. The fraction of sp³-hybridized carbons (Fsp3) is 0.333. The van der Waals surface area contributed by atoms with Crippen molar-refractivity contribution in [2.75, 3.05) is 6.61 Å². The number of carbonyl (C=O) groups excluding carboxylic acids is 1. The Hall–Kier alpha value is -1.72. The third-order valence-electron chi connectivity index (χ3n) is 3.15. The van der Waals surface area contributed by atoms with Crippen molar-refractivity contribution >= 4 is 17.2 Å². The van der Waals surface area contributed by atoms with Gasteiger partial charge in [0.05, 0.1) is 34.5 Å². The van der Waals surface area contributed by atoms with Gasteiger partial charge in [-0.15, -0.1) is 11.3 Å². The predicted molar refractivity (Wildman–Crippen MR) is 80.9 cm³/mol. The summed E-state index contributed by atoms with van der Waals surface area (Å²) < 4.78 is 0. The first-order valence-corrected chi connectivity index (χ1v) is 7.47. The summed E-state index contributed by atoms with van der Waals surface area (Å²) in [4.78, 5) is 17.7. The van der Waals surface area contributed by atoms with Crippen LogP contribution in [0.5, 0.6) is 0 Å². The molecule has 20 heavy (non-hydrogen) atoms. The van der Waals surface area contributed by atoms with Crippen LogP contribution in [-0.4, -0.2) is 28.6 Å². The smallest absolute Gasteiger partial charge is 0.253 e. The van der Waals surface area contributed by atoms with Crippen molar-refractivity contribution in [1.29, 1.82) is 0 Å². The number of thiophene rings is 1. The van der Waals surface area contributed by atoms with Gasteiger partial charge in [-0.05, 0) is 36.9 Å². The van der Waals surface area contributed by atoms with Crippen LogP contribution in [0.15, 0.2) is 29.6 Å². The standard InChI is InChI=1S/C15H18N2O2S/c1-3-11(9-18)17-15(19)12-6-7-13(16-10(12)2)14-5-4-8-20-14/h4-8,11,18H,3,9H2,1-2H3,(H,17,19). The largest absolute Gasteiger partial charge is 0.394 e. The van der Waals surface area contributed by atoms with Gasteiger partial charge in [0, 0.05) is 0 Å². The van der Waals surface area contributed by atoms with Gasteiger partial charge in [-0.2, -0.15) is 0 Å². The summed E-state index contributed by atoms with van der Waals surface area (Å²) in [6.45, 7) is 3.69. The third-order valence-corrected chi connectivity index (χ3v) is 4.04. The number of amides is 1. The first-order chi connectivity index (χ1) is 9.65. The van der Waals surface area contributed by atoms with Crippen LogP contribution in [0, 0.1) is 6.92 Å². The quantitative estimate of drug-likeness (QED) is 0.890. The predicted octanol–water partition coefficient (Wildman–Crippen LogP) is 2.62. The van der Waals surface area contributed by atoms with Crippen molar-refractivity contribution < 1.29 is 9.90 Å². The van der Waals surface area contributed by atoms with Crippen molar-refractivity contribution in [3.8, 4) is 10.6 Å². The molecule has 4 nitrogen and oxygen atoms in total. The summed E-state index contributed by atoms with van der Waals surface area (Å²) in [6, 6.07) is 7.42. The van der Waals surface area contributed by atoms with E-state index in [1.165, 1.54) is 0 Å². The molecule has 0 radical (unpaired) electrons. The highest BCUT2D eigenvalue weighted by atomic mass is 32.1. The molecular weight excluding hydrogens is 272 g/mol. The molecule has 1 amide bonds. The lowest BCUT2D eigenvalue weighted by atomic mass is 10.1. The lowest BCUT2D eigenvalue weighted by molar-refractivity contribution is 0.0914. The first-order valence-electron chi connectivity index (χ1n) is 6.59. The molecule has 0 saturated carbocycles. The second-order valence-electron chi connectivity index (χ2n) is 4.57. The van der Waals surface area contributed by atoms with Crippen LogP contribution in [0.25, 0.3) is 10.6 Å². The first kappa shape index (κ1) is 14.7. The molecule has 106 valence electrons. The minimum atomic E-state index is -0.209. The Bertz CT molecular complexity index is 578. The number of pyridine rings is 1. The van der Waals surface area contributed by atoms with Crippen LogP contribution in [0.3, 0.4) is 0 Å². The van der Waals surface area contributed by atoms with E-state index < -0.39 is 0 Å². The van der Waals surface area contributed by atoms with E-state index in [0.29, 0.717) is 17.7 Å². The lowest BCUT2D eigenvalue weighted by Crippen LogP contribution is -2.37. The Balaban J connectivity index is 2.19. The molecular formula is C15H18N2O2S. The molecule has 0 spiro atoms. The van der Waals surface area contributed by atoms with Gasteiger partial charge in [-0.25, -0.2) is 0 Å². The van der Waals surface area contributed by atoms with Crippen molar-refractivity contribution in [3.05, 3.63) is 40.9 Å². The summed E-state index contributed by atoms with van der Waals surface area (Å²) in [6.07, 6.45) is 0.696. The van der Waals surface area contributed by atoms with E-state index in [9.17, 15) is 4.79 Å². The van der Waals surface area contributed by atoms with E-state index in [2.05, 4.69) is 10.3 Å². The average Bonchev–Trinajstić information content (AvgIpc) is 2.98. The number of rotatable bonds is 5. The fourth-order valence-corrected chi connectivity index (χ4v) is 2.60. The monoisotopic (exact) mass is 290 g/mol. The van der Waals surface area contributed by atoms with Crippen LogP contribution in [0.1, 0.15) is 29.4 Å². The number of nitrogens with one attached hydrogen (secondary N) is 1. The van der Waals surface area contributed by atoms with Crippen LogP contribution < -0.4 is 5.32 Å². The maximum absolute atomic E-state index is 12.1. The maximum Gasteiger partial charge on any atom is 0.253 e. The van der Waals surface area contributed by atoms with E-state index in [4.69, 9.17) is 5.11 Å². The van der Waals surface area contributed by atoms with Gasteiger partial charge in [-0.1, -0.05) is 13.0 Å². The normalized spacial score (nSPS) is 12.2. The van der Waals surface area contributed by atoms with E-state index >= 15 is 0 Å². The summed E-state index contributed by atoms with van der Waals surface area (Å²) in [5, 5.41) is 13.9. The topological polar surface area (TPSA) is 62.2 Å². The number of hydrogen-bond acceptors (Lipinski definition) is 4. The van der Waals surface area contributed by atoms with Crippen molar-refractivity contribution in [3.63, 3.8) is 0 Å². The highest BCUT2D eigenvalue weighted by Crippen LogP contribution is 2.23. The van der Waals surface area contributed by atoms with Gasteiger partial charge in [0.15, 0.2) is 0 Å². The van der Waals surface area contributed by atoms with Crippen LogP contribution >= 0.6 is 11.3 Å². The second-order valence-corrected chi connectivity index (χ2v) is 5.52. The molecule has 0 saturated heterocycles. The summed E-state index contributed by atoms with van der Waals surface area (Å²) in [5.74, 6) is -0.186. The van der Waals surface area contributed by atoms with Crippen molar-refractivity contribution in [2.45, 2.75) is 26.3 Å². The van der Waals surface area contributed by atoms with Gasteiger partial charge in [-0.3, -0.25) is 9.78 Å². The Kier molecular flexibility index (Phi) is 4.87. The van der Waals surface area contributed by atoms with E-state index in [1.807, 2.05) is 37.4 Å². The molecule has 0 fully saturated rings.